The predicted octanol–water partition coefficient (Wildman–Crippen LogP) is 2.45. The Kier molecular flexibility index (Phi) is 7.51. The number of nitrogens with zero attached hydrogens (tertiary/aromatic N) is 1. The average molecular weight is 355 g/mol. The third-order valence-electron chi connectivity index (χ3n) is 4.07. The van der Waals surface area contributed by atoms with Crippen molar-refractivity contribution in [1.82, 2.24) is 10.2 Å². The highest BCUT2D eigenvalue weighted by Crippen LogP contribution is 2.24. The van der Waals surface area contributed by atoms with Crippen LogP contribution in [0.4, 0.5) is 10.5 Å². The Bertz CT molecular complexity index is 562. The third-order valence-corrected chi connectivity index (χ3v) is 4.07. The van der Waals surface area contributed by atoms with Crippen molar-refractivity contribution in [2.24, 2.45) is 11.7 Å². The van der Waals surface area contributed by atoms with Gasteiger partial charge in [0.25, 0.3) is 5.91 Å². The fourth-order valence-corrected chi connectivity index (χ4v) is 2.89. The number of nitrogens with two attached hydrogens (primary N) is 1. The van der Waals surface area contributed by atoms with Crippen molar-refractivity contribution >= 4 is 30.0 Å². The monoisotopic (exact) mass is 354 g/mol. The maximum atomic E-state index is 12.6. The molecule has 0 spiro atoms. The Morgan fingerprint density at radius 2 is 1.92 bits per heavy atom. The van der Waals surface area contributed by atoms with Crippen LogP contribution in [0, 0.1) is 5.92 Å². The van der Waals surface area contributed by atoms with E-state index in [9.17, 15) is 9.59 Å². The average Bonchev–Trinajstić information content (AvgIpc) is 2.87. The summed E-state index contributed by atoms with van der Waals surface area (Å²) in [4.78, 5) is 26.1. The molecule has 24 heavy (non-hydrogen) atoms. The van der Waals surface area contributed by atoms with Crippen molar-refractivity contribution in [2.45, 2.75) is 39.3 Å². The van der Waals surface area contributed by atoms with Crippen molar-refractivity contribution in [3.63, 3.8) is 0 Å². The van der Waals surface area contributed by atoms with Crippen LogP contribution in [0.1, 0.15) is 37.6 Å². The molecule has 0 radical (unpaired) electrons. The Labute approximate surface area is 149 Å². The summed E-state index contributed by atoms with van der Waals surface area (Å²) < 4.78 is 0. The first-order valence-electron chi connectivity index (χ1n) is 8.09. The lowest BCUT2D eigenvalue weighted by Crippen LogP contribution is -2.35. The molecule has 4 N–H and O–H groups in total. The molecule has 0 saturated carbocycles. The molecule has 1 saturated heterocycles. The van der Waals surface area contributed by atoms with Gasteiger partial charge < -0.3 is 21.3 Å². The van der Waals surface area contributed by atoms with Gasteiger partial charge in [0.1, 0.15) is 0 Å². The molecule has 1 aliphatic rings. The molecule has 1 aliphatic heterocycles. The number of amides is 3. The molecule has 3 amide bonds. The minimum Gasteiger partial charge on any atom is -0.336 e. The molecule has 1 aromatic rings. The van der Waals surface area contributed by atoms with Crippen molar-refractivity contribution in [2.75, 3.05) is 18.4 Å². The number of halogens is 1. The highest BCUT2D eigenvalue weighted by Gasteiger charge is 2.31. The molecule has 2 unspecified atom stereocenters. The molecule has 1 aromatic carbocycles. The van der Waals surface area contributed by atoms with E-state index in [0.29, 0.717) is 30.3 Å². The van der Waals surface area contributed by atoms with Crippen LogP contribution < -0.4 is 16.4 Å². The Hall–Kier alpha value is -1.79. The molecular formula is C17H27ClN4O2. The van der Waals surface area contributed by atoms with E-state index < -0.39 is 0 Å². The summed E-state index contributed by atoms with van der Waals surface area (Å²) in [6.45, 7) is 7.18. The Morgan fingerprint density at radius 3 is 2.42 bits per heavy atom. The highest BCUT2D eigenvalue weighted by molar-refractivity contribution is 5.96. The van der Waals surface area contributed by atoms with E-state index in [1.165, 1.54) is 0 Å². The zero-order chi connectivity index (χ0) is 17.0. The first-order valence-corrected chi connectivity index (χ1v) is 8.09. The lowest BCUT2D eigenvalue weighted by Gasteiger charge is -2.21. The van der Waals surface area contributed by atoms with Crippen molar-refractivity contribution < 1.29 is 9.59 Å². The van der Waals surface area contributed by atoms with Gasteiger partial charge >= 0.3 is 6.03 Å². The molecule has 2 rings (SSSR count). The van der Waals surface area contributed by atoms with Gasteiger partial charge in [0.05, 0.1) is 0 Å². The first kappa shape index (κ1) is 20.3. The number of rotatable bonds is 4. The summed E-state index contributed by atoms with van der Waals surface area (Å²) in [5.74, 6) is 0.404. The second-order valence-electron chi connectivity index (χ2n) is 6.47. The number of hydrogen-bond donors (Lipinski definition) is 3. The molecule has 7 heteroatoms. The van der Waals surface area contributed by atoms with Crippen LogP contribution in [0.5, 0.6) is 0 Å². The number of urea groups is 1. The van der Waals surface area contributed by atoms with Gasteiger partial charge in [-0.25, -0.2) is 4.79 Å². The SMILES string of the molecule is CC(C)NC(=O)Nc1ccc(C(=O)N2CC(CN)CC2C)cc1.Cl. The first-order chi connectivity index (χ1) is 10.9. The molecule has 0 aromatic heterocycles. The van der Waals surface area contributed by atoms with Crippen LogP contribution in [0.3, 0.4) is 0 Å². The van der Waals surface area contributed by atoms with Gasteiger partial charge in [-0.2, -0.15) is 0 Å². The number of benzene rings is 1. The Morgan fingerprint density at radius 1 is 1.29 bits per heavy atom. The van der Waals surface area contributed by atoms with Gasteiger partial charge in [0.2, 0.25) is 0 Å². The maximum absolute atomic E-state index is 12.6. The summed E-state index contributed by atoms with van der Waals surface area (Å²) >= 11 is 0. The molecule has 1 fully saturated rings. The van der Waals surface area contributed by atoms with Crippen molar-refractivity contribution in [1.29, 1.82) is 0 Å². The lowest BCUT2D eigenvalue weighted by atomic mass is 10.1. The summed E-state index contributed by atoms with van der Waals surface area (Å²) in [5, 5.41) is 5.50. The van der Waals surface area contributed by atoms with Crippen LogP contribution in [-0.4, -0.2) is 42.0 Å². The highest BCUT2D eigenvalue weighted by atomic mass is 35.5. The third kappa shape index (κ3) is 5.11. The summed E-state index contributed by atoms with van der Waals surface area (Å²) in [5.41, 5.74) is 7.00. The van der Waals surface area contributed by atoms with Crippen LogP contribution >= 0.6 is 12.4 Å². The molecule has 134 valence electrons. The topological polar surface area (TPSA) is 87.5 Å². The summed E-state index contributed by atoms with van der Waals surface area (Å²) in [6, 6.07) is 7.01. The number of nitrogens with one attached hydrogen (secondary N) is 2. The molecule has 2 atom stereocenters. The fourth-order valence-electron chi connectivity index (χ4n) is 2.89. The second-order valence-corrected chi connectivity index (χ2v) is 6.47. The minimum absolute atomic E-state index is 0. The zero-order valence-electron chi connectivity index (χ0n) is 14.4. The smallest absolute Gasteiger partial charge is 0.319 e. The van der Waals surface area contributed by atoms with Gasteiger partial charge in [0, 0.05) is 29.9 Å². The van der Waals surface area contributed by atoms with Gasteiger partial charge in [-0.1, -0.05) is 0 Å². The van der Waals surface area contributed by atoms with Gasteiger partial charge in [-0.05, 0) is 63.9 Å². The van der Waals surface area contributed by atoms with Crippen molar-refractivity contribution in [3.05, 3.63) is 29.8 Å². The van der Waals surface area contributed by atoms with E-state index in [2.05, 4.69) is 17.6 Å². The molecule has 0 aliphatic carbocycles. The van der Waals surface area contributed by atoms with Gasteiger partial charge in [0.15, 0.2) is 0 Å². The standard InChI is InChI=1S/C17H26N4O2.ClH/c1-11(2)19-17(23)20-15-6-4-14(5-7-15)16(22)21-10-13(9-18)8-12(21)3;/h4-7,11-13H,8-10,18H2,1-3H3,(H2,19,20,23);1H. The van der Waals surface area contributed by atoms with E-state index in [4.69, 9.17) is 5.73 Å². The molecular weight excluding hydrogens is 328 g/mol. The number of likely N-dealkylation sites (tertiary alicyclic amines) is 1. The molecule has 6 nitrogen and oxygen atoms in total. The maximum Gasteiger partial charge on any atom is 0.319 e. The predicted molar refractivity (Wildman–Crippen MR) is 98.6 cm³/mol. The van der Waals surface area contributed by atoms with Crippen molar-refractivity contribution in [3.8, 4) is 0 Å². The fraction of sp³-hybridized carbons (Fsp3) is 0.529. The molecule has 1 heterocycles. The van der Waals surface area contributed by atoms with Crippen LogP contribution in [0.25, 0.3) is 0 Å². The lowest BCUT2D eigenvalue weighted by molar-refractivity contribution is 0.0743. The quantitative estimate of drug-likeness (QED) is 0.776. The van der Waals surface area contributed by atoms with E-state index in [-0.39, 0.29) is 36.4 Å². The summed E-state index contributed by atoms with van der Waals surface area (Å²) in [6.07, 6.45) is 0.956. The normalized spacial score (nSPS) is 19.8. The van der Waals surface area contributed by atoms with E-state index >= 15 is 0 Å². The largest absolute Gasteiger partial charge is 0.336 e. The number of carbonyl (C=O) groups is 2. The van der Waals surface area contributed by atoms with Gasteiger partial charge in [-0.3, -0.25) is 4.79 Å². The van der Waals surface area contributed by atoms with Crippen LogP contribution in [0.2, 0.25) is 0 Å². The van der Waals surface area contributed by atoms with E-state index in [1.807, 2.05) is 18.7 Å². The molecule has 0 bridgehead atoms. The zero-order valence-corrected chi connectivity index (χ0v) is 15.2. The number of hydrogen-bond acceptors (Lipinski definition) is 3. The number of anilines is 1. The van der Waals surface area contributed by atoms with E-state index in [0.717, 1.165) is 6.42 Å². The second kappa shape index (κ2) is 8.89. The van der Waals surface area contributed by atoms with Crippen LogP contribution in [0.15, 0.2) is 24.3 Å². The van der Waals surface area contributed by atoms with Gasteiger partial charge in [-0.15, -0.1) is 12.4 Å². The van der Waals surface area contributed by atoms with E-state index in [1.54, 1.807) is 24.3 Å². The summed E-state index contributed by atoms with van der Waals surface area (Å²) in [7, 11) is 0. The Balaban J connectivity index is 0.00000288. The number of carbonyl (C=O) groups excluding carboxylic acids is 2. The minimum atomic E-state index is -0.252. The van der Waals surface area contributed by atoms with Crippen LogP contribution in [-0.2, 0) is 0 Å².